The molecule has 0 aliphatic carbocycles. The number of carbonyl (C=O) groups excluding carboxylic acids is 1. The lowest BCUT2D eigenvalue weighted by atomic mass is 9.96. The monoisotopic (exact) mass is 278 g/mol. The zero-order valence-corrected chi connectivity index (χ0v) is 12.2. The van der Waals surface area contributed by atoms with Gasteiger partial charge in [0.15, 0.2) is 0 Å². The third kappa shape index (κ3) is 5.40. The molecule has 110 valence electrons. The third-order valence-electron chi connectivity index (χ3n) is 2.96. The van der Waals surface area contributed by atoms with Crippen LogP contribution in [0.15, 0.2) is 30.3 Å². The van der Waals surface area contributed by atoms with Gasteiger partial charge in [-0.05, 0) is 18.5 Å². The van der Waals surface area contributed by atoms with Gasteiger partial charge < -0.3 is 10.4 Å². The van der Waals surface area contributed by atoms with E-state index in [1.165, 1.54) is 4.90 Å². The van der Waals surface area contributed by atoms with Crippen molar-refractivity contribution in [1.82, 2.24) is 10.2 Å². The summed E-state index contributed by atoms with van der Waals surface area (Å²) in [4.78, 5) is 24.0. The number of nitrogens with one attached hydrogen (secondary N) is 1. The van der Waals surface area contributed by atoms with Gasteiger partial charge in [-0.2, -0.15) is 0 Å². The van der Waals surface area contributed by atoms with E-state index in [0.29, 0.717) is 0 Å². The Morgan fingerprint density at radius 3 is 2.30 bits per heavy atom. The summed E-state index contributed by atoms with van der Waals surface area (Å²) in [7, 11) is 1.61. The van der Waals surface area contributed by atoms with Crippen LogP contribution in [0.1, 0.15) is 25.5 Å². The number of hydrogen-bond acceptors (Lipinski definition) is 3. The molecule has 0 aliphatic rings. The summed E-state index contributed by atoms with van der Waals surface area (Å²) in [6, 6.07) is 9.70. The molecule has 5 heteroatoms. The Morgan fingerprint density at radius 1 is 1.20 bits per heavy atom. The molecule has 1 unspecified atom stereocenters. The highest BCUT2D eigenvalue weighted by Crippen LogP contribution is 2.21. The molecule has 0 saturated carbocycles. The molecule has 0 aromatic heterocycles. The number of benzene rings is 1. The highest BCUT2D eigenvalue weighted by Gasteiger charge is 2.19. The number of carboxylic acid groups (broad SMARTS) is 1. The zero-order valence-electron chi connectivity index (χ0n) is 12.2. The lowest BCUT2D eigenvalue weighted by molar-refractivity contribution is -0.138. The first-order chi connectivity index (χ1) is 9.40. The number of amides is 1. The van der Waals surface area contributed by atoms with Gasteiger partial charge in [-0.25, -0.2) is 0 Å². The molecule has 5 nitrogen and oxygen atoms in total. The molecule has 0 heterocycles. The predicted molar refractivity (Wildman–Crippen MR) is 77.3 cm³/mol. The minimum absolute atomic E-state index is 0.0677. The van der Waals surface area contributed by atoms with Crippen molar-refractivity contribution in [3.8, 4) is 0 Å². The number of carboxylic acids is 1. The zero-order chi connectivity index (χ0) is 15.1. The largest absolute Gasteiger partial charge is 0.480 e. The Labute approximate surface area is 119 Å². The third-order valence-corrected chi connectivity index (χ3v) is 2.96. The number of carbonyl (C=O) groups is 2. The first-order valence-electron chi connectivity index (χ1n) is 6.64. The van der Waals surface area contributed by atoms with Gasteiger partial charge in [0, 0.05) is 0 Å². The number of hydrogen-bond donors (Lipinski definition) is 2. The van der Waals surface area contributed by atoms with Crippen molar-refractivity contribution in [1.29, 1.82) is 0 Å². The summed E-state index contributed by atoms with van der Waals surface area (Å²) in [5.41, 5.74) is 1.05. The van der Waals surface area contributed by atoms with Gasteiger partial charge in [-0.15, -0.1) is 0 Å². The fourth-order valence-corrected chi connectivity index (χ4v) is 2.05. The summed E-state index contributed by atoms with van der Waals surface area (Å²) in [6.45, 7) is 4.01. The molecular weight excluding hydrogens is 256 g/mol. The van der Waals surface area contributed by atoms with Gasteiger partial charge in [-0.1, -0.05) is 44.2 Å². The van der Waals surface area contributed by atoms with E-state index in [-0.39, 0.29) is 31.0 Å². The molecule has 0 radical (unpaired) electrons. The molecular formula is C15H22N2O3. The molecule has 0 saturated heterocycles. The molecule has 0 fully saturated rings. The molecule has 1 rings (SSSR count). The molecule has 1 amide bonds. The van der Waals surface area contributed by atoms with Crippen molar-refractivity contribution in [3.63, 3.8) is 0 Å². The fraction of sp³-hybridized carbons (Fsp3) is 0.467. The predicted octanol–water partition coefficient (Wildman–Crippen LogP) is 1.52. The van der Waals surface area contributed by atoms with E-state index in [1.54, 1.807) is 7.05 Å². The van der Waals surface area contributed by atoms with Crippen molar-refractivity contribution < 1.29 is 14.7 Å². The maximum Gasteiger partial charge on any atom is 0.317 e. The van der Waals surface area contributed by atoms with E-state index < -0.39 is 5.97 Å². The Kier molecular flexibility index (Phi) is 6.18. The normalized spacial score (nSPS) is 12.4. The van der Waals surface area contributed by atoms with E-state index in [0.717, 1.165) is 5.56 Å². The summed E-state index contributed by atoms with van der Waals surface area (Å²) in [5, 5.41) is 11.6. The van der Waals surface area contributed by atoms with Crippen LogP contribution in [-0.4, -0.2) is 42.0 Å². The molecule has 20 heavy (non-hydrogen) atoms. The number of rotatable bonds is 7. The van der Waals surface area contributed by atoms with E-state index in [4.69, 9.17) is 5.11 Å². The maximum atomic E-state index is 12.0. The van der Waals surface area contributed by atoms with E-state index >= 15 is 0 Å². The lowest BCUT2D eigenvalue weighted by Gasteiger charge is -2.24. The second-order valence-corrected chi connectivity index (χ2v) is 5.27. The molecule has 2 N–H and O–H groups in total. The van der Waals surface area contributed by atoms with Gasteiger partial charge in [0.1, 0.15) is 0 Å². The van der Waals surface area contributed by atoms with Crippen LogP contribution in [0, 0.1) is 5.92 Å². The van der Waals surface area contributed by atoms with Gasteiger partial charge >= 0.3 is 5.97 Å². The minimum atomic E-state index is -0.941. The standard InChI is InChI=1S/C15H22N2O3/c1-11(2)15(12-7-5-4-6-8-12)16-13(18)9-17(3)10-14(19)20/h4-8,11,15H,9-10H2,1-3H3,(H,16,18)(H,19,20). The second-order valence-electron chi connectivity index (χ2n) is 5.27. The van der Waals surface area contributed by atoms with Crippen molar-refractivity contribution in [3.05, 3.63) is 35.9 Å². The van der Waals surface area contributed by atoms with Gasteiger partial charge in [0.05, 0.1) is 19.1 Å². The SMILES string of the molecule is CC(C)C(NC(=O)CN(C)CC(=O)O)c1ccccc1. The van der Waals surface area contributed by atoms with Crippen molar-refractivity contribution in [2.24, 2.45) is 5.92 Å². The number of aliphatic carboxylic acids is 1. The topological polar surface area (TPSA) is 69.6 Å². The summed E-state index contributed by atoms with van der Waals surface area (Å²) in [5.74, 6) is -0.855. The van der Waals surface area contributed by atoms with Crippen LogP contribution in [0.5, 0.6) is 0 Å². The molecule has 1 atom stereocenters. The fourth-order valence-electron chi connectivity index (χ4n) is 2.05. The van der Waals surface area contributed by atoms with Gasteiger partial charge in [-0.3, -0.25) is 14.5 Å². The molecule has 0 aliphatic heterocycles. The smallest absolute Gasteiger partial charge is 0.317 e. The molecule has 1 aromatic rings. The van der Waals surface area contributed by atoms with Crippen LogP contribution < -0.4 is 5.32 Å². The average molecular weight is 278 g/mol. The van der Waals surface area contributed by atoms with E-state index in [2.05, 4.69) is 5.32 Å². The summed E-state index contributed by atoms with van der Waals surface area (Å²) in [6.07, 6.45) is 0. The lowest BCUT2D eigenvalue weighted by Crippen LogP contribution is -2.40. The first kappa shape index (κ1) is 16.2. The van der Waals surface area contributed by atoms with Crippen molar-refractivity contribution in [2.45, 2.75) is 19.9 Å². The summed E-state index contributed by atoms with van der Waals surface area (Å²) < 4.78 is 0. The highest BCUT2D eigenvalue weighted by molar-refractivity contribution is 5.79. The van der Waals surface area contributed by atoms with Crippen LogP contribution in [0.3, 0.4) is 0 Å². The number of nitrogens with zero attached hydrogens (tertiary/aromatic N) is 1. The average Bonchev–Trinajstić information content (AvgIpc) is 2.35. The van der Waals surface area contributed by atoms with Crippen LogP contribution in [0.4, 0.5) is 0 Å². The summed E-state index contributed by atoms with van der Waals surface area (Å²) >= 11 is 0. The van der Waals surface area contributed by atoms with Crippen LogP contribution in [-0.2, 0) is 9.59 Å². The van der Waals surface area contributed by atoms with E-state index in [1.807, 2.05) is 44.2 Å². The second kappa shape index (κ2) is 7.65. The van der Waals surface area contributed by atoms with Crippen molar-refractivity contribution >= 4 is 11.9 Å². The molecule has 1 aromatic carbocycles. The quantitative estimate of drug-likeness (QED) is 0.793. The van der Waals surface area contributed by atoms with E-state index in [9.17, 15) is 9.59 Å². The highest BCUT2D eigenvalue weighted by atomic mass is 16.4. The van der Waals surface area contributed by atoms with Crippen LogP contribution in [0.25, 0.3) is 0 Å². The molecule has 0 bridgehead atoms. The van der Waals surface area contributed by atoms with Crippen LogP contribution in [0.2, 0.25) is 0 Å². The minimum Gasteiger partial charge on any atom is -0.480 e. The Bertz CT molecular complexity index is 446. The van der Waals surface area contributed by atoms with Gasteiger partial charge in [0.25, 0.3) is 0 Å². The maximum absolute atomic E-state index is 12.0. The van der Waals surface area contributed by atoms with Gasteiger partial charge in [0.2, 0.25) is 5.91 Å². The van der Waals surface area contributed by atoms with Crippen molar-refractivity contribution in [2.75, 3.05) is 20.1 Å². The Morgan fingerprint density at radius 2 is 1.80 bits per heavy atom. The Balaban J connectivity index is 2.63. The van der Waals surface area contributed by atoms with Crippen LogP contribution >= 0.6 is 0 Å². The number of likely N-dealkylation sites (N-methyl/N-ethyl adjacent to an activating group) is 1. The first-order valence-corrected chi connectivity index (χ1v) is 6.64. The molecule has 0 spiro atoms. The Hall–Kier alpha value is -1.88.